The van der Waals surface area contributed by atoms with Gasteiger partial charge in [-0.3, -0.25) is 4.90 Å². The van der Waals surface area contributed by atoms with Crippen LogP contribution in [0.4, 0.5) is 0 Å². The number of hydrogen-bond donors (Lipinski definition) is 1. The van der Waals surface area contributed by atoms with E-state index >= 15 is 0 Å². The fourth-order valence-electron chi connectivity index (χ4n) is 3.55. The molecule has 20 heavy (non-hydrogen) atoms. The average Bonchev–Trinajstić information content (AvgIpc) is 2.52. The maximum Gasteiger partial charge on any atom is 0.0335 e. The maximum atomic E-state index is 6.23. The van der Waals surface area contributed by atoms with Crippen molar-refractivity contribution in [2.75, 3.05) is 13.1 Å². The molecular formula is C18H30N2. The van der Waals surface area contributed by atoms with Crippen LogP contribution in [0, 0.1) is 5.92 Å². The van der Waals surface area contributed by atoms with Gasteiger partial charge in [-0.05, 0) is 36.3 Å². The van der Waals surface area contributed by atoms with E-state index in [-0.39, 0.29) is 5.54 Å². The second kappa shape index (κ2) is 6.73. The van der Waals surface area contributed by atoms with E-state index < -0.39 is 0 Å². The van der Waals surface area contributed by atoms with Gasteiger partial charge in [0.1, 0.15) is 0 Å². The maximum absolute atomic E-state index is 6.23. The van der Waals surface area contributed by atoms with E-state index in [9.17, 15) is 0 Å². The van der Waals surface area contributed by atoms with Crippen LogP contribution >= 0.6 is 0 Å². The standard InChI is InChI=1S/C18H30N2/c1-4-15(3)12-18(5-2,14-19)20-11-10-16-8-6-7-9-17(16)13-20/h6-9,15H,4-5,10-14,19H2,1-3H3. The summed E-state index contributed by atoms with van der Waals surface area (Å²) in [7, 11) is 0. The second-order valence-electron chi connectivity index (χ2n) is 6.44. The normalized spacial score (nSPS) is 20.2. The summed E-state index contributed by atoms with van der Waals surface area (Å²) in [5.74, 6) is 0.746. The van der Waals surface area contributed by atoms with E-state index in [0.717, 1.165) is 32.0 Å². The van der Waals surface area contributed by atoms with Crippen molar-refractivity contribution in [3.05, 3.63) is 35.4 Å². The summed E-state index contributed by atoms with van der Waals surface area (Å²) in [6, 6.07) is 8.87. The van der Waals surface area contributed by atoms with E-state index in [0.29, 0.717) is 0 Å². The molecule has 2 atom stereocenters. The minimum atomic E-state index is 0.183. The molecule has 0 saturated heterocycles. The average molecular weight is 274 g/mol. The molecule has 2 unspecified atom stereocenters. The zero-order valence-corrected chi connectivity index (χ0v) is 13.4. The van der Waals surface area contributed by atoms with Crippen LogP contribution in [0.3, 0.4) is 0 Å². The molecule has 0 amide bonds. The third kappa shape index (κ3) is 3.07. The fraction of sp³-hybridized carbons (Fsp3) is 0.667. The van der Waals surface area contributed by atoms with Crippen LogP contribution in [-0.4, -0.2) is 23.5 Å². The minimum absolute atomic E-state index is 0.183. The summed E-state index contributed by atoms with van der Waals surface area (Å²) in [5.41, 5.74) is 9.43. The Bertz CT molecular complexity index is 423. The van der Waals surface area contributed by atoms with Crippen molar-refractivity contribution < 1.29 is 0 Å². The molecule has 2 heteroatoms. The predicted octanol–water partition coefficient (Wildman–Crippen LogP) is 3.59. The molecule has 0 radical (unpaired) electrons. The van der Waals surface area contributed by atoms with Gasteiger partial charge in [-0.2, -0.15) is 0 Å². The van der Waals surface area contributed by atoms with Crippen LogP contribution in [0.15, 0.2) is 24.3 Å². The van der Waals surface area contributed by atoms with Gasteiger partial charge in [-0.1, -0.05) is 51.5 Å². The summed E-state index contributed by atoms with van der Waals surface area (Å²) in [4.78, 5) is 2.65. The molecule has 0 saturated carbocycles. The molecule has 112 valence electrons. The highest BCUT2D eigenvalue weighted by atomic mass is 15.2. The molecule has 1 aliphatic rings. The van der Waals surface area contributed by atoms with Gasteiger partial charge >= 0.3 is 0 Å². The van der Waals surface area contributed by atoms with Crippen LogP contribution in [0.25, 0.3) is 0 Å². The fourth-order valence-corrected chi connectivity index (χ4v) is 3.55. The molecule has 2 N–H and O–H groups in total. The number of rotatable bonds is 6. The lowest BCUT2D eigenvalue weighted by atomic mass is 9.81. The van der Waals surface area contributed by atoms with E-state index in [1.54, 1.807) is 0 Å². The monoisotopic (exact) mass is 274 g/mol. The Labute approximate surface area is 124 Å². The molecule has 0 bridgehead atoms. The Kier molecular flexibility index (Phi) is 5.22. The highest BCUT2D eigenvalue weighted by molar-refractivity contribution is 5.29. The lowest BCUT2D eigenvalue weighted by Gasteiger charge is -2.46. The van der Waals surface area contributed by atoms with Gasteiger partial charge in [0.15, 0.2) is 0 Å². The Hall–Kier alpha value is -0.860. The van der Waals surface area contributed by atoms with Crippen molar-refractivity contribution >= 4 is 0 Å². The minimum Gasteiger partial charge on any atom is -0.329 e. The van der Waals surface area contributed by atoms with Crippen LogP contribution in [0.2, 0.25) is 0 Å². The topological polar surface area (TPSA) is 29.3 Å². The van der Waals surface area contributed by atoms with Crippen LogP contribution in [-0.2, 0) is 13.0 Å². The van der Waals surface area contributed by atoms with Gasteiger partial charge in [0.2, 0.25) is 0 Å². The van der Waals surface area contributed by atoms with Gasteiger partial charge in [0, 0.05) is 25.2 Å². The molecule has 1 aromatic carbocycles. The lowest BCUT2D eigenvalue weighted by molar-refractivity contribution is 0.0530. The highest BCUT2D eigenvalue weighted by Gasteiger charge is 2.36. The summed E-state index contributed by atoms with van der Waals surface area (Å²) < 4.78 is 0. The third-order valence-corrected chi connectivity index (χ3v) is 5.26. The molecule has 2 rings (SSSR count). The van der Waals surface area contributed by atoms with Crippen molar-refractivity contribution in [3.8, 4) is 0 Å². The van der Waals surface area contributed by atoms with Gasteiger partial charge in [0.25, 0.3) is 0 Å². The number of nitrogens with zero attached hydrogens (tertiary/aromatic N) is 1. The number of fused-ring (bicyclic) bond motifs is 1. The number of hydrogen-bond acceptors (Lipinski definition) is 2. The molecule has 1 heterocycles. The number of benzene rings is 1. The molecule has 0 spiro atoms. The zero-order chi connectivity index (χ0) is 14.6. The summed E-state index contributed by atoms with van der Waals surface area (Å²) in [6.07, 6.45) is 4.78. The first-order valence-electron chi connectivity index (χ1n) is 8.17. The first-order valence-corrected chi connectivity index (χ1v) is 8.17. The lowest BCUT2D eigenvalue weighted by Crippen LogP contribution is -2.55. The summed E-state index contributed by atoms with van der Waals surface area (Å²) >= 11 is 0. The Morgan fingerprint density at radius 1 is 1.25 bits per heavy atom. The van der Waals surface area contributed by atoms with Gasteiger partial charge in [-0.25, -0.2) is 0 Å². The molecule has 2 nitrogen and oxygen atoms in total. The molecular weight excluding hydrogens is 244 g/mol. The largest absolute Gasteiger partial charge is 0.329 e. The highest BCUT2D eigenvalue weighted by Crippen LogP contribution is 2.32. The van der Waals surface area contributed by atoms with Crippen LogP contribution in [0.5, 0.6) is 0 Å². The Morgan fingerprint density at radius 2 is 1.95 bits per heavy atom. The van der Waals surface area contributed by atoms with Crippen LogP contribution in [0.1, 0.15) is 51.2 Å². The zero-order valence-electron chi connectivity index (χ0n) is 13.4. The first-order chi connectivity index (χ1) is 9.65. The van der Waals surface area contributed by atoms with E-state index in [2.05, 4.69) is 49.9 Å². The van der Waals surface area contributed by atoms with Gasteiger partial charge in [0.05, 0.1) is 0 Å². The number of nitrogens with two attached hydrogens (primary N) is 1. The summed E-state index contributed by atoms with van der Waals surface area (Å²) in [5, 5.41) is 0. The third-order valence-electron chi connectivity index (χ3n) is 5.26. The Morgan fingerprint density at radius 3 is 2.55 bits per heavy atom. The Balaban J connectivity index is 2.19. The van der Waals surface area contributed by atoms with Crippen molar-refractivity contribution in [1.82, 2.24) is 4.90 Å². The van der Waals surface area contributed by atoms with Crippen LogP contribution < -0.4 is 5.73 Å². The van der Waals surface area contributed by atoms with Crippen molar-refractivity contribution in [2.45, 2.75) is 58.5 Å². The van der Waals surface area contributed by atoms with E-state index in [1.165, 1.54) is 30.4 Å². The van der Waals surface area contributed by atoms with Crippen molar-refractivity contribution in [3.63, 3.8) is 0 Å². The smallest absolute Gasteiger partial charge is 0.0335 e. The molecule has 0 fully saturated rings. The SMILES string of the molecule is CCC(C)CC(CC)(CN)N1CCc2ccccc2C1. The summed E-state index contributed by atoms with van der Waals surface area (Å²) in [6.45, 7) is 9.94. The molecule has 1 aromatic rings. The first kappa shape index (κ1) is 15.5. The van der Waals surface area contributed by atoms with E-state index in [4.69, 9.17) is 5.73 Å². The molecule has 0 aromatic heterocycles. The van der Waals surface area contributed by atoms with Gasteiger partial charge in [-0.15, -0.1) is 0 Å². The van der Waals surface area contributed by atoms with Crippen molar-refractivity contribution in [2.24, 2.45) is 11.7 Å². The predicted molar refractivity (Wildman–Crippen MR) is 86.7 cm³/mol. The van der Waals surface area contributed by atoms with E-state index in [1.807, 2.05) is 0 Å². The second-order valence-corrected chi connectivity index (χ2v) is 6.44. The van der Waals surface area contributed by atoms with Crippen molar-refractivity contribution in [1.29, 1.82) is 0 Å². The molecule has 0 aliphatic carbocycles. The quantitative estimate of drug-likeness (QED) is 0.859. The molecule has 1 aliphatic heterocycles. The van der Waals surface area contributed by atoms with Gasteiger partial charge < -0.3 is 5.73 Å².